The molecule has 0 aromatic heterocycles. The standard InChI is InChI=1S/C24H32N4O2/c1-27-12-14-28(15-13-27)16-17-30-23-8-3-2-7-22(23)26-24(29)20-9-10-21-19(18-20)6-4-5-11-25-21/h2-3,7-10,18,25H,4-6,11-17H2,1H3,(H,26,29). The quantitative estimate of drug-likeness (QED) is 0.768. The van der Waals surface area contributed by atoms with Crippen LogP contribution in [-0.4, -0.2) is 68.6 Å². The molecule has 1 fully saturated rings. The van der Waals surface area contributed by atoms with Crippen LogP contribution in [0, 0.1) is 0 Å². The van der Waals surface area contributed by atoms with Crippen molar-refractivity contribution in [3.8, 4) is 5.75 Å². The van der Waals surface area contributed by atoms with Gasteiger partial charge < -0.3 is 20.3 Å². The van der Waals surface area contributed by atoms with Crippen molar-refractivity contribution in [3.05, 3.63) is 53.6 Å². The SMILES string of the molecule is CN1CCN(CCOc2ccccc2NC(=O)c2ccc3c(c2)CCCCN3)CC1. The Labute approximate surface area is 179 Å². The lowest BCUT2D eigenvalue weighted by Gasteiger charge is -2.32. The van der Waals surface area contributed by atoms with Crippen LogP contribution in [0.5, 0.6) is 5.75 Å². The maximum Gasteiger partial charge on any atom is 0.255 e. The monoisotopic (exact) mass is 408 g/mol. The molecule has 1 amide bonds. The van der Waals surface area contributed by atoms with Gasteiger partial charge in [0.05, 0.1) is 5.69 Å². The average Bonchev–Trinajstić information content (AvgIpc) is 3.01. The van der Waals surface area contributed by atoms with Crippen molar-refractivity contribution in [1.29, 1.82) is 0 Å². The molecule has 6 heteroatoms. The van der Waals surface area contributed by atoms with Crippen molar-refractivity contribution < 1.29 is 9.53 Å². The summed E-state index contributed by atoms with van der Waals surface area (Å²) in [6.45, 7) is 6.86. The highest BCUT2D eigenvalue weighted by Crippen LogP contribution is 2.26. The van der Waals surface area contributed by atoms with E-state index < -0.39 is 0 Å². The van der Waals surface area contributed by atoms with E-state index in [0.717, 1.165) is 70.0 Å². The zero-order valence-corrected chi connectivity index (χ0v) is 17.8. The normalized spacial score (nSPS) is 17.5. The molecular weight excluding hydrogens is 376 g/mol. The highest BCUT2D eigenvalue weighted by Gasteiger charge is 2.15. The predicted octanol–water partition coefficient (Wildman–Crippen LogP) is 3.31. The molecule has 2 heterocycles. The van der Waals surface area contributed by atoms with Crippen molar-refractivity contribution in [2.24, 2.45) is 0 Å². The van der Waals surface area contributed by atoms with Crippen molar-refractivity contribution in [2.45, 2.75) is 19.3 Å². The zero-order valence-electron chi connectivity index (χ0n) is 17.8. The second-order valence-corrected chi connectivity index (χ2v) is 8.20. The molecule has 0 saturated carbocycles. The molecule has 2 aliphatic rings. The number of carbonyl (C=O) groups excluding carboxylic acids is 1. The van der Waals surface area contributed by atoms with Crippen LogP contribution in [0.2, 0.25) is 0 Å². The smallest absolute Gasteiger partial charge is 0.255 e. The first-order valence-electron chi connectivity index (χ1n) is 11.0. The molecule has 2 aromatic rings. The lowest BCUT2D eigenvalue weighted by Crippen LogP contribution is -2.45. The Morgan fingerprint density at radius 1 is 1.10 bits per heavy atom. The molecule has 4 rings (SSSR count). The number of likely N-dealkylation sites (N-methyl/N-ethyl adjacent to an activating group) is 1. The third kappa shape index (κ3) is 5.32. The number of aryl methyl sites for hydroxylation is 1. The van der Waals surface area contributed by atoms with Gasteiger partial charge >= 0.3 is 0 Å². The number of carbonyl (C=O) groups is 1. The number of para-hydroxylation sites is 2. The molecular formula is C24H32N4O2. The van der Waals surface area contributed by atoms with E-state index in [1.807, 2.05) is 42.5 Å². The summed E-state index contributed by atoms with van der Waals surface area (Å²) >= 11 is 0. The first-order valence-corrected chi connectivity index (χ1v) is 11.0. The highest BCUT2D eigenvalue weighted by molar-refractivity contribution is 6.05. The van der Waals surface area contributed by atoms with E-state index in [2.05, 4.69) is 27.5 Å². The molecule has 1 saturated heterocycles. The number of amides is 1. The topological polar surface area (TPSA) is 56.8 Å². The van der Waals surface area contributed by atoms with Gasteiger partial charge in [-0.25, -0.2) is 0 Å². The van der Waals surface area contributed by atoms with E-state index in [4.69, 9.17) is 4.74 Å². The number of hydrogen-bond acceptors (Lipinski definition) is 5. The van der Waals surface area contributed by atoms with Crippen LogP contribution in [-0.2, 0) is 6.42 Å². The van der Waals surface area contributed by atoms with Gasteiger partial charge in [-0.15, -0.1) is 0 Å². The molecule has 0 unspecified atom stereocenters. The highest BCUT2D eigenvalue weighted by atomic mass is 16.5. The van der Waals surface area contributed by atoms with Gasteiger partial charge in [0.25, 0.3) is 5.91 Å². The van der Waals surface area contributed by atoms with Gasteiger partial charge in [-0.1, -0.05) is 12.1 Å². The first-order chi connectivity index (χ1) is 14.7. The van der Waals surface area contributed by atoms with E-state index in [0.29, 0.717) is 17.9 Å². The molecule has 0 bridgehead atoms. The van der Waals surface area contributed by atoms with Gasteiger partial charge in [-0.2, -0.15) is 0 Å². The first kappa shape index (κ1) is 20.7. The third-order valence-corrected chi connectivity index (χ3v) is 5.95. The van der Waals surface area contributed by atoms with E-state index in [9.17, 15) is 4.79 Å². The Bertz CT molecular complexity index is 862. The minimum Gasteiger partial charge on any atom is -0.490 e. The summed E-state index contributed by atoms with van der Waals surface area (Å²) in [5, 5.41) is 6.48. The number of nitrogens with one attached hydrogen (secondary N) is 2. The summed E-state index contributed by atoms with van der Waals surface area (Å²) in [6.07, 6.45) is 3.32. The molecule has 160 valence electrons. The summed E-state index contributed by atoms with van der Waals surface area (Å²) in [5.74, 6) is 0.619. The number of benzene rings is 2. The Morgan fingerprint density at radius 2 is 1.93 bits per heavy atom. The van der Waals surface area contributed by atoms with Gasteiger partial charge in [0.2, 0.25) is 0 Å². The van der Waals surface area contributed by atoms with Crippen LogP contribution >= 0.6 is 0 Å². The van der Waals surface area contributed by atoms with Gasteiger partial charge in [-0.3, -0.25) is 9.69 Å². The number of rotatable bonds is 6. The molecule has 2 N–H and O–H groups in total. The van der Waals surface area contributed by atoms with Crippen molar-refractivity contribution in [1.82, 2.24) is 9.80 Å². The summed E-state index contributed by atoms with van der Waals surface area (Å²) in [6, 6.07) is 13.6. The van der Waals surface area contributed by atoms with Crippen LogP contribution in [0.25, 0.3) is 0 Å². The molecule has 6 nitrogen and oxygen atoms in total. The molecule has 2 aliphatic heterocycles. The van der Waals surface area contributed by atoms with Crippen LogP contribution in [0.1, 0.15) is 28.8 Å². The molecule has 0 atom stereocenters. The Balaban J connectivity index is 1.36. The van der Waals surface area contributed by atoms with Crippen LogP contribution in [0.3, 0.4) is 0 Å². The number of nitrogens with zero attached hydrogens (tertiary/aromatic N) is 2. The minimum atomic E-state index is -0.0998. The van der Waals surface area contributed by atoms with Crippen LogP contribution < -0.4 is 15.4 Å². The fourth-order valence-corrected chi connectivity index (χ4v) is 4.02. The number of piperazine rings is 1. The molecule has 0 aliphatic carbocycles. The van der Waals surface area contributed by atoms with E-state index in [-0.39, 0.29) is 5.91 Å². The number of fused-ring (bicyclic) bond motifs is 1. The van der Waals surface area contributed by atoms with Crippen molar-refractivity contribution in [3.63, 3.8) is 0 Å². The Kier molecular flexibility index (Phi) is 6.87. The van der Waals surface area contributed by atoms with Gasteiger partial charge in [-0.05, 0) is 62.2 Å². The molecule has 0 radical (unpaired) electrons. The second-order valence-electron chi connectivity index (χ2n) is 8.20. The number of ether oxygens (including phenoxy) is 1. The Morgan fingerprint density at radius 3 is 2.80 bits per heavy atom. The molecule has 2 aromatic carbocycles. The van der Waals surface area contributed by atoms with Gasteiger partial charge in [0.1, 0.15) is 12.4 Å². The summed E-state index contributed by atoms with van der Waals surface area (Å²) < 4.78 is 6.03. The van der Waals surface area contributed by atoms with Gasteiger partial charge in [0.15, 0.2) is 0 Å². The van der Waals surface area contributed by atoms with Crippen molar-refractivity contribution in [2.75, 3.05) is 63.6 Å². The van der Waals surface area contributed by atoms with Gasteiger partial charge in [0, 0.05) is 50.5 Å². The second kappa shape index (κ2) is 9.96. The van der Waals surface area contributed by atoms with E-state index >= 15 is 0 Å². The lowest BCUT2D eigenvalue weighted by molar-refractivity contribution is 0.102. The Hall–Kier alpha value is -2.57. The van der Waals surface area contributed by atoms with Crippen LogP contribution in [0.15, 0.2) is 42.5 Å². The maximum atomic E-state index is 12.9. The molecule has 0 spiro atoms. The third-order valence-electron chi connectivity index (χ3n) is 5.95. The fourth-order valence-electron chi connectivity index (χ4n) is 4.02. The molecule has 30 heavy (non-hydrogen) atoms. The zero-order chi connectivity index (χ0) is 20.8. The summed E-state index contributed by atoms with van der Waals surface area (Å²) in [4.78, 5) is 17.7. The van der Waals surface area contributed by atoms with E-state index in [1.54, 1.807) is 0 Å². The summed E-state index contributed by atoms with van der Waals surface area (Å²) in [7, 11) is 2.16. The fraction of sp³-hybridized carbons (Fsp3) is 0.458. The lowest BCUT2D eigenvalue weighted by atomic mass is 10.0. The maximum absolute atomic E-state index is 12.9. The minimum absolute atomic E-state index is 0.0998. The largest absolute Gasteiger partial charge is 0.490 e. The predicted molar refractivity (Wildman–Crippen MR) is 122 cm³/mol. The summed E-state index contributed by atoms with van der Waals surface area (Å²) in [5.41, 5.74) is 3.77. The van der Waals surface area contributed by atoms with Crippen LogP contribution in [0.4, 0.5) is 11.4 Å². The van der Waals surface area contributed by atoms with E-state index in [1.165, 1.54) is 5.56 Å². The average molecular weight is 409 g/mol. The van der Waals surface area contributed by atoms with Crippen molar-refractivity contribution >= 4 is 17.3 Å². The number of hydrogen-bond donors (Lipinski definition) is 2. The number of anilines is 2.